The van der Waals surface area contributed by atoms with Gasteiger partial charge in [-0.3, -0.25) is 4.79 Å². The number of amides is 1. The summed E-state index contributed by atoms with van der Waals surface area (Å²) >= 11 is 4.31. The van der Waals surface area contributed by atoms with Crippen molar-refractivity contribution in [2.75, 3.05) is 26.7 Å². The summed E-state index contributed by atoms with van der Waals surface area (Å²) in [5.74, 6) is 0.137. The molecular weight excluding hydrogens is 256 g/mol. The standard InChI is InChI=1S/C15H22N2OS/c1-3-13-11-16(2)8-5-9-17(13)15(18)12-6-4-7-14(19)10-12/h4,6-7,10,13,19H,3,5,8-9,11H2,1-2H3. The highest BCUT2D eigenvalue weighted by Gasteiger charge is 2.26. The first-order valence-electron chi connectivity index (χ1n) is 6.90. The second-order valence-electron chi connectivity index (χ2n) is 5.23. The Kier molecular flexibility index (Phi) is 4.88. The van der Waals surface area contributed by atoms with Crippen LogP contribution in [0.3, 0.4) is 0 Å². The number of likely N-dealkylation sites (N-methyl/N-ethyl adjacent to an activating group) is 1. The van der Waals surface area contributed by atoms with Gasteiger partial charge >= 0.3 is 0 Å². The van der Waals surface area contributed by atoms with Gasteiger partial charge in [0, 0.05) is 29.6 Å². The van der Waals surface area contributed by atoms with Gasteiger partial charge < -0.3 is 9.80 Å². The molecule has 0 aromatic heterocycles. The van der Waals surface area contributed by atoms with Crippen LogP contribution in [0.5, 0.6) is 0 Å². The van der Waals surface area contributed by atoms with E-state index in [0.717, 1.165) is 42.9 Å². The van der Waals surface area contributed by atoms with Crippen LogP contribution in [0.1, 0.15) is 30.1 Å². The lowest BCUT2D eigenvalue weighted by Crippen LogP contribution is -2.43. The van der Waals surface area contributed by atoms with Gasteiger partial charge in [0.05, 0.1) is 0 Å². The lowest BCUT2D eigenvalue weighted by molar-refractivity contribution is 0.0675. The molecule has 0 radical (unpaired) electrons. The average Bonchev–Trinajstić information content (AvgIpc) is 2.59. The van der Waals surface area contributed by atoms with Gasteiger partial charge in [0.15, 0.2) is 0 Å². The molecule has 1 amide bonds. The van der Waals surface area contributed by atoms with Crippen LogP contribution in [-0.4, -0.2) is 48.4 Å². The minimum Gasteiger partial charge on any atom is -0.334 e. The van der Waals surface area contributed by atoms with E-state index >= 15 is 0 Å². The minimum absolute atomic E-state index is 0.137. The third-order valence-corrected chi connectivity index (χ3v) is 4.01. The summed E-state index contributed by atoms with van der Waals surface area (Å²) in [4.78, 5) is 17.8. The third kappa shape index (κ3) is 3.51. The summed E-state index contributed by atoms with van der Waals surface area (Å²) < 4.78 is 0. The zero-order valence-corrected chi connectivity index (χ0v) is 12.6. The van der Waals surface area contributed by atoms with Crippen LogP contribution in [-0.2, 0) is 0 Å². The Morgan fingerprint density at radius 3 is 2.89 bits per heavy atom. The maximum atomic E-state index is 12.7. The van der Waals surface area contributed by atoms with Crippen LogP contribution < -0.4 is 0 Å². The maximum absolute atomic E-state index is 12.7. The van der Waals surface area contributed by atoms with Crippen molar-refractivity contribution in [1.29, 1.82) is 0 Å². The molecular formula is C15H22N2OS. The molecule has 1 saturated heterocycles. The topological polar surface area (TPSA) is 23.6 Å². The molecule has 104 valence electrons. The van der Waals surface area contributed by atoms with E-state index in [4.69, 9.17) is 0 Å². The van der Waals surface area contributed by atoms with E-state index in [2.05, 4.69) is 31.5 Å². The van der Waals surface area contributed by atoms with Gasteiger partial charge in [0.1, 0.15) is 0 Å². The molecule has 1 aromatic rings. The molecule has 1 aliphatic heterocycles. The molecule has 1 aliphatic rings. The number of carbonyl (C=O) groups excluding carboxylic acids is 1. The zero-order valence-electron chi connectivity index (χ0n) is 11.7. The Balaban J connectivity index is 2.20. The monoisotopic (exact) mass is 278 g/mol. The van der Waals surface area contributed by atoms with Crippen molar-refractivity contribution >= 4 is 18.5 Å². The van der Waals surface area contributed by atoms with Crippen molar-refractivity contribution in [3.63, 3.8) is 0 Å². The summed E-state index contributed by atoms with van der Waals surface area (Å²) in [6.07, 6.45) is 2.04. The van der Waals surface area contributed by atoms with Crippen molar-refractivity contribution in [2.24, 2.45) is 0 Å². The average molecular weight is 278 g/mol. The van der Waals surface area contributed by atoms with Crippen molar-refractivity contribution in [2.45, 2.75) is 30.7 Å². The first-order valence-corrected chi connectivity index (χ1v) is 7.35. The Bertz CT molecular complexity index is 450. The molecule has 1 heterocycles. The highest BCUT2D eigenvalue weighted by Crippen LogP contribution is 2.17. The summed E-state index contributed by atoms with van der Waals surface area (Å²) in [6, 6.07) is 7.83. The van der Waals surface area contributed by atoms with Gasteiger partial charge in [-0.15, -0.1) is 12.6 Å². The molecule has 1 atom stereocenters. The van der Waals surface area contributed by atoms with Gasteiger partial charge in [-0.25, -0.2) is 0 Å². The first kappa shape index (κ1) is 14.4. The summed E-state index contributed by atoms with van der Waals surface area (Å²) in [5.41, 5.74) is 0.746. The molecule has 0 saturated carbocycles. The fraction of sp³-hybridized carbons (Fsp3) is 0.533. The van der Waals surface area contributed by atoms with Crippen LogP contribution in [0, 0.1) is 0 Å². The van der Waals surface area contributed by atoms with Gasteiger partial charge in [0.2, 0.25) is 0 Å². The molecule has 3 nitrogen and oxygen atoms in total. The summed E-state index contributed by atoms with van der Waals surface area (Å²) in [5, 5.41) is 0. The lowest BCUT2D eigenvalue weighted by Gasteiger charge is -2.30. The highest BCUT2D eigenvalue weighted by molar-refractivity contribution is 7.80. The second kappa shape index (κ2) is 6.44. The normalized spacial score (nSPS) is 21.2. The zero-order chi connectivity index (χ0) is 13.8. The lowest BCUT2D eigenvalue weighted by atomic mass is 10.1. The molecule has 1 aromatic carbocycles. The van der Waals surface area contributed by atoms with E-state index in [1.165, 1.54) is 0 Å². The Labute approximate surface area is 121 Å². The van der Waals surface area contributed by atoms with Crippen molar-refractivity contribution in [3.8, 4) is 0 Å². The van der Waals surface area contributed by atoms with Crippen LogP contribution in [0.15, 0.2) is 29.2 Å². The van der Waals surface area contributed by atoms with E-state index in [1.807, 2.05) is 29.2 Å². The summed E-state index contributed by atoms with van der Waals surface area (Å²) in [7, 11) is 2.13. The van der Waals surface area contributed by atoms with Crippen LogP contribution >= 0.6 is 12.6 Å². The Morgan fingerprint density at radius 1 is 1.42 bits per heavy atom. The number of benzene rings is 1. The number of rotatable bonds is 2. The smallest absolute Gasteiger partial charge is 0.254 e. The third-order valence-electron chi connectivity index (χ3n) is 3.73. The largest absolute Gasteiger partial charge is 0.334 e. The number of nitrogens with zero attached hydrogens (tertiary/aromatic N) is 2. The number of thiol groups is 1. The predicted octanol–water partition coefficient (Wildman–Crippen LogP) is 2.53. The van der Waals surface area contributed by atoms with Crippen LogP contribution in [0.25, 0.3) is 0 Å². The van der Waals surface area contributed by atoms with E-state index in [-0.39, 0.29) is 5.91 Å². The molecule has 19 heavy (non-hydrogen) atoms. The van der Waals surface area contributed by atoms with Gasteiger partial charge in [0.25, 0.3) is 5.91 Å². The minimum atomic E-state index is 0.137. The van der Waals surface area contributed by atoms with E-state index in [0.29, 0.717) is 6.04 Å². The first-order chi connectivity index (χ1) is 9.11. The second-order valence-corrected chi connectivity index (χ2v) is 5.74. The molecule has 0 spiro atoms. The highest BCUT2D eigenvalue weighted by atomic mass is 32.1. The fourth-order valence-electron chi connectivity index (χ4n) is 2.66. The fourth-order valence-corrected chi connectivity index (χ4v) is 2.89. The van der Waals surface area contributed by atoms with Crippen molar-refractivity contribution in [1.82, 2.24) is 9.80 Å². The number of hydrogen-bond acceptors (Lipinski definition) is 3. The van der Waals surface area contributed by atoms with Gasteiger partial charge in [-0.05, 0) is 44.6 Å². The molecule has 0 bridgehead atoms. The SMILES string of the molecule is CCC1CN(C)CCCN1C(=O)c1cccc(S)c1. The molecule has 1 unspecified atom stereocenters. The number of hydrogen-bond donors (Lipinski definition) is 1. The van der Waals surface area contributed by atoms with E-state index < -0.39 is 0 Å². The predicted molar refractivity (Wildman–Crippen MR) is 80.9 cm³/mol. The van der Waals surface area contributed by atoms with E-state index in [9.17, 15) is 4.79 Å². The molecule has 4 heteroatoms. The van der Waals surface area contributed by atoms with E-state index in [1.54, 1.807) is 0 Å². The molecule has 1 fully saturated rings. The maximum Gasteiger partial charge on any atom is 0.254 e. The Morgan fingerprint density at radius 2 is 2.21 bits per heavy atom. The quantitative estimate of drug-likeness (QED) is 0.840. The molecule has 0 N–H and O–H groups in total. The van der Waals surface area contributed by atoms with Crippen molar-refractivity contribution < 1.29 is 4.79 Å². The van der Waals surface area contributed by atoms with Crippen LogP contribution in [0.4, 0.5) is 0 Å². The summed E-state index contributed by atoms with van der Waals surface area (Å²) in [6.45, 7) is 5.02. The van der Waals surface area contributed by atoms with Crippen LogP contribution in [0.2, 0.25) is 0 Å². The van der Waals surface area contributed by atoms with Gasteiger partial charge in [-0.1, -0.05) is 13.0 Å². The molecule has 0 aliphatic carbocycles. The molecule has 2 rings (SSSR count). The van der Waals surface area contributed by atoms with Gasteiger partial charge in [-0.2, -0.15) is 0 Å². The van der Waals surface area contributed by atoms with Crippen molar-refractivity contribution in [3.05, 3.63) is 29.8 Å². The number of carbonyl (C=O) groups is 1. The Hall–Kier alpha value is -1.00.